The second-order valence-corrected chi connectivity index (χ2v) is 13.9. The molecule has 2 aromatic carbocycles. The van der Waals surface area contributed by atoms with Crippen molar-refractivity contribution in [2.45, 2.75) is 90.9 Å². The number of hydrogen-bond acceptors (Lipinski definition) is 7. The Morgan fingerprint density at radius 3 is 2.13 bits per heavy atom. The first-order valence-corrected chi connectivity index (χ1v) is 18.4. The molecule has 0 radical (unpaired) electrons. The number of methoxy groups -OCH3 is 1. The molecule has 5 rings (SSSR count). The van der Waals surface area contributed by atoms with E-state index in [1.54, 1.807) is 62.3 Å². The third-order valence-corrected chi connectivity index (χ3v) is 10.1. The zero-order valence-corrected chi connectivity index (χ0v) is 31.0. The highest BCUT2D eigenvalue weighted by atomic mass is 16.5. The Hall–Kier alpha value is -4.94. The van der Waals surface area contributed by atoms with E-state index < -0.39 is 35.8 Å². The van der Waals surface area contributed by atoms with Crippen LogP contribution in [0, 0.1) is 11.8 Å². The van der Waals surface area contributed by atoms with E-state index in [4.69, 9.17) is 4.74 Å². The van der Waals surface area contributed by atoms with Crippen LogP contribution in [0.25, 0.3) is 0 Å². The first-order chi connectivity index (χ1) is 24.9. The molecule has 1 fully saturated rings. The van der Waals surface area contributed by atoms with Crippen molar-refractivity contribution in [1.29, 1.82) is 0 Å². The van der Waals surface area contributed by atoms with Crippen molar-refractivity contribution >= 4 is 35.4 Å². The van der Waals surface area contributed by atoms with Gasteiger partial charge in [0.1, 0.15) is 23.9 Å². The fraction of sp³-hybridized carbons (Fsp3) is 0.538. The number of amides is 6. The van der Waals surface area contributed by atoms with Crippen LogP contribution in [-0.2, 0) is 36.9 Å². The van der Waals surface area contributed by atoms with Crippen molar-refractivity contribution in [1.82, 2.24) is 31.1 Å². The predicted molar refractivity (Wildman–Crippen MR) is 196 cm³/mol. The summed E-state index contributed by atoms with van der Waals surface area (Å²) in [6, 6.07) is 11.3. The molecule has 282 valence electrons. The third-order valence-electron chi connectivity index (χ3n) is 10.1. The topological polar surface area (TPSA) is 166 Å². The number of piperidine rings is 1. The van der Waals surface area contributed by atoms with Crippen molar-refractivity contribution in [3.05, 3.63) is 65.2 Å². The number of carbonyl (C=O) groups excluding carboxylic acids is 6. The smallest absolute Gasteiger partial charge is 0.251 e. The van der Waals surface area contributed by atoms with Gasteiger partial charge in [0.15, 0.2) is 0 Å². The Bertz CT molecular complexity index is 1560. The summed E-state index contributed by atoms with van der Waals surface area (Å²) >= 11 is 0. The van der Waals surface area contributed by atoms with Crippen LogP contribution in [0.2, 0.25) is 0 Å². The van der Waals surface area contributed by atoms with Gasteiger partial charge in [-0.25, -0.2) is 0 Å². The van der Waals surface area contributed by atoms with Gasteiger partial charge in [0.05, 0.1) is 7.11 Å². The highest BCUT2D eigenvalue weighted by Crippen LogP contribution is 2.22. The van der Waals surface area contributed by atoms with Crippen LogP contribution in [0.5, 0.6) is 5.75 Å². The molecule has 4 N–H and O–H groups in total. The zero-order chi connectivity index (χ0) is 37.8. The number of ether oxygens (including phenoxy) is 1. The molecule has 0 spiro atoms. The molecule has 2 bridgehead atoms. The maximum atomic E-state index is 13.8. The summed E-state index contributed by atoms with van der Waals surface area (Å²) in [6.45, 7) is 9.14. The highest BCUT2D eigenvalue weighted by Gasteiger charge is 2.32. The normalized spacial score (nSPS) is 22.3. The Labute approximate surface area is 306 Å². The minimum absolute atomic E-state index is 0.00824. The molecule has 13 nitrogen and oxygen atoms in total. The number of benzene rings is 2. The van der Waals surface area contributed by atoms with E-state index in [9.17, 15) is 28.8 Å². The van der Waals surface area contributed by atoms with Crippen LogP contribution >= 0.6 is 0 Å². The summed E-state index contributed by atoms with van der Waals surface area (Å²) in [5.41, 5.74) is 1.97. The van der Waals surface area contributed by atoms with Crippen molar-refractivity contribution in [3.8, 4) is 5.75 Å². The first-order valence-electron chi connectivity index (χ1n) is 18.4. The molecule has 52 heavy (non-hydrogen) atoms. The Kier molecular flexibility index (Phi) is 14.6. The van der Waals surface area contributed by atoms with Gasteiger partial charge in [0.25, 0.3) is 5.91 Å². The van der Waals surface area contributed by atoms with Crippen LogP contribution in [0.3, 0.4) is 0 Å². The molecule has 3 aliphatic rings. The van der Waals surface area contributed by atoms with E-state index in [2.05, 4.69) is 21.3 Å². The van der Waals surface area contributed by atoms with Gasteiger partial charge in [-0.3, -0.25) is 28.8 Å². The van der Waals surface area contributed by atoms with E-state index in [-0.39, 0.29) is 36.0 Å². The molecule has 0 aromatic heterocycles. The fourth-order valence-electron chi connectivity index (χ4n) is 6.52. The molecule has 2 aromatic rings. The molecular formula is C39H54N6O7. The number of likely N-dealkylation sites (tertiary alicyclic amines) is 1. The van der Waals surface area contributed by atoms with Gasteiger partial charge >= 0.3 is 0 Å². The first kappa shape index (κ1) is 39.8. The van der Waals surface area contributed by atoms with Crippen LogP contribution in [0.1, 0.15) is 81.3 Å². The molecular weight excluding hydrogens is 664 g/mol. The lowest BCUT2D eigenvalue weighted by molar-refractivity contribution is -0.140. The summed E-state index contributed by atoms with van der Waals surface area (Å²) in [5, 5.41) is 11.4. The average molecular weight is 719 g/mol. The molecule has 6 amide bonds. The van der Waals surface area contributed by atoms with Gasteiger partial charge in [-0.2, -0.15) is 0 Å². The Balaban J connectivity index is 1.57. The molecule has 3 heterocycles. The molecule has 0 saturated carbocycles. The quantitative estimate of drug-likeness (QED) is 0.334. The Morgan fingerprint density at radius 1 is 0.846 bits per heavy atom. The van der Waals surface area contributed by atoms with Gasteiger partial charge in [-0.15, -0.1) is 0 Å². The third kappa shape index (κ3) is 11.0. The minimum Gasteiger partial charge on any atom is -0.497 e. The van der Waals surface area contributed by atoms with E-state index in [0.717, 1.165) is 11.1 Å². The van der Waals surface area contributed by atoms with Crippen molar-refractivity contribution in [3.63, 3.8) is 0 Å². The molecule has 0 aliphatic carbocycles. The molecule has 1 saturated heterocycles. The summed E-state index contributed by atoms with van der Waals surface area (Å²) in [4.78, 5) is 83.3. The van der Waals surface area contributed by atoms with Gasteiger partial charge in [-0.05, 0) is 73.9 Å². The average Bonchev–Trinajstić information content (AvgIpc) is 3.15. The van der Waals surface area contributed by atoms with Gasteiger partial charge in [-0.1, -0.05) is 44.5 Å². The molecule has 1 unspecified atom stereocenters. The van der Waals surface area contributed by atoms with E-state index >= 15 is 0 Å². The standard InChI is InChI=1S/C39H54N6O7/c1-6-25(2)34-38(50)42-33(23-28-11-15-32(52-5)16-12-28)37(49)41-26(3)35(47)40-19-7-8-20-45(24-29-9-13-30(14-10-29)36(48)43-34)39(51)31-17-21-44(22-18-31)27(4)46/h9-16,25-26,31,33-34H,6-8,17-24H2,1-5H3,(H,40,47)(H,41,49)(H,42,50)(H,43,48)/t25-,26+,33-,34?/m0/s1. The lowest BCUT2D eigenvalue weighted by Gasteiger charge is -2.34. The highest BCUT2D eigenvalue weighted by molar-refractivity contribution is 5.99. The second-order valence-electron chi connectivity index (χ2n) is 13.9. The number of rotatable bonds is 6. The van der Waals surface area contributed by atoms with Crippen molar-refractivity contribution in [2.24, 2.45) is 11.8 Å². The van der Waals surface area contributed by atoms with E-state index in [1.807, 2.05) is 30.9 Å². The van der Waals surface area contributed by atoms with Gasteiger partial charge in [0, 0.05) is 57.5 Å². The molecule has 4 atom stereocenters. The van der Waals surface area contributed by atoms with Crippen LogP contribution in [0.4, 0.5) is 0 Å². The monoisotopic (exact) mass is 718 g/mol. The number of nitrogens with zero attached hydrogens (tertiary/aromatic N) is 2. The van der Waals surface area contributed by atoms with Crippen LogP contribution < -0.4 is 26.0 Å². The lowest BCUT2D eigenvalue weighted by Crippen LogP contribution is -2.58. The van der Waals surface area contributed by atoms with Crippen LogP contribution in [-0.4, -0.2) is 96.7 Å². The summed E-state index contributed by atoms with van der Waals surface area (Å²) in [6.07, 6.45) is 3.15. The largest absolute Gasteiger partial charge is 0.497 e. The maximum absolute atomic E-state index is 13.8. The fourth-order valence-corrected chi connectivity index (χ4v) is 6.52. The number of nitrogens with one attached hydrogen (secondary N) is 4. The zero-order valence-electron chi connectivity index (χ0n) is 31.0. The van der Waals surface area contributed by atoms with Crippen molar-refractivity contribution < 1.29 is 33.5 Å². The van der Waals surface area contributed by atoms with E-state index in [0.29, 0.717) is 76.1 Å². The van der Waals surface area contributed by atoms with Crippen molar-refractivity contribution in [2.75, 3.05) is 33.3 Å². The number of fused-ring (bicyclic) bond motifs is 18. The number of hydrogen-bond donors (Lipinski definition) is 4. The van der Waals surface area contributed by atoms with Crippen LogP contribution in [0.15, 0.2) is 48.5 Å². The van der Waals surface area contributed by atoms with Gasteiger partial charge in [0.2, 0.25) is 29.5 Å². The summed E-state index contributed by atoms with van der Waals surface area (Å²) < 4.78 is 5.25. The van der Waals surface area contributed by atoms with E-state index in [1.165, 1.54) is 0 Å². The molecule has 13 heteroatoms. The molecule has 3 aliphatic heterocycles. The Morgan fingerprint density at radius 2 is 1.52 bits per heavy atom. The predicted octanol–water partition coefficient (Wildman–Crippen LogP) is 2.57. The SMILES string of the molecule is CC[C@H](C)C1NC(=O)c2ccc(cc2)CN(C(=O)C2CCN(C(C)=O)CC2)CCCCNC(=O)[C@@H](C)NC(=O)[C@H](Cc2ccc(OC)cc2)NC1=O. The second kappa shape index (κ2) is 19.1. The lowest BCUT2D eigenvalue weighted by atomic mass is 9.94. The maximum Gasteiger partial charge on any atom is 0.251 e. The summed E-state index contributed by atoms with van der Waals surface area (Å²) in [5.74, 6) is -1.65. The number of carbonyl (C=O) groups is 6. The van der Waals surface area contributed by atoms with Gasteiger partial charge < -0.3 is 35.8 Å². The minimum atomic E-state index is -1.04. The summed E-state index contributed by atoms with van der Waals surface area (Å²) in [7, 11) is 1.56.